The van der Waals surface area contributed by atoms with Gasteiger partial charge in [-0.25, -0.2) is 0 Å². The second-order valence-corrected chi connectivity index (χ2v) is 4.53. The summed E-state index contributed by atoms with van der Waals surface area (Å²) in [6, 6.07) is 8.12. The van der Waals surface area contributed by atoms with E-state index in [1.807, 2.05) is 24.3 Å². The summed E-state index contributed by atoms with van der Waals surface area (Å²) >= 11 is 0. The van der Waals surface area contributed by atoms with Gasteiger partial charge in [-0.3, -0.25) is 4.79 Å². The van der Waals surface area contributed by atoms with Crippen molar-refractivity contribution in [3.63, 3.8) is 0 Å². The van der Waals surface area contributed by atoms with E-state index < -0.39 is 0 Å². The van der Waals surface area contributed by atoms with Crippen LogP contribution in [0.3, 0.4) is 0 Å². The Labute approximate surface area is 115 Å². The van der Waals surface area contributed by atoms with Gasteiger partial charge in [0, 0.05) is 18.2 Å². The Hall–Kier alpha value is -1.06. The van der Waals surface area contributed by atoms with E-state index in [9.17, 15) is 4.79 Å². The summed E-state index contributed by atoms with van der Waals surface area (Å²) in [6.45, 7) is 4.03. The lowest BCUT2D eigenvalue weighted by Gasteiger charge is -2.24. The molecular formula is C14H21ClN2O. The van der Waals surface area contributed by atoms with Crippen molar-refractivity contribution in [2.75, 3.05) is 13.1 Å². The van der Waals surface area contributed by atoms with Crippen molar-refractivity contribution in [1.29, 1.82) is 0 Å². The molecule has 0 unspecified atom stereocenters. The second kappa shape index (κ2) is 7.39. The molecule has 1 fully saturated rings. The molecule has 0 aliphatic carbocycles. The largest absolute Gasteiger partial charge is 0.348 e. The number of benzene rings is 1. The number of carbonyl (C=O) groups excluding carboxylic acids is 1. The number of rotatable bonds is 3. The molecule has 1 heterocycles. The van der Waals surface area contributed by atoms with Crippen molar-refractivity contribution in [3.05, 3.63) is 35.4 Å². The van der Waals surface area contributed by atoms with Gasteiger partial charge in [-0.1, -0.05) is 25.1 Å². The molecule has 3 nitrogen and oxygen atoms in total. The van der Waals surface area contributed by atoms with Crippen LogP contribution in [0, 0.1) is 0 Å². The van der Waals surface area contributed by atoms with Gasteiger partial charge in [0.25, 0.3) is 5.91 Å². The minimum absolute atomic E-state index is 0. The minimum Gasteiger partial charge on any atom is -0.348 e. The molecular weight excluding hydrogens is 248 g/mol. The van der Waals surface area contributed by atoms with Crippen molar-refractivity contribution in [2.24, 2.45) is 0 Å². The molecule has 1 amide bonds. The number of hydrogen-bond donors (Lipinski definition) is 2. The molecule has 100 valence electrons. The highest BCUT2D eigenvalue weighted by molar-refractivity contribution is 5.95. The molecule has 0 radical (unpaired) electrons. The predicted molar refractivity (Wildman–Crippen MR) is 76.4 cm³/mol. The Morgan fingerprint density at radius 3 is 2.89 bits per heavy atom. The minimum atomic E-state index is 0. The van der Waals surface area contributed by atoms with Crippen LogP contribution in [-0.4, -0.2) is 25.0 Å². The fourth-order valence-corrected chi connectivity index (χ4v) is 2.29. The Bertz CT molecular complexity index is 389. The highest BCUT2D eigenvalue weighted by Crippen LogP contribution is 2.10. The molecule has 0 aromatic heterocycles. The number of nitrogens with one attached hydrogen (secondary N) is 2. The van der Waals surface area contributed by atoms with Crippen molar-refractivity contribution >= 4 is 18.3 Å². The number of aryl methyl sites for hydroxylation is 1. The molecule has 0 bridgehead atoms. The summed E-state index contributed by atoms with van der Waals surface area (Å²) in [6.07, 6.45) is 3.11. The van der Waals surface area contributed by atoms with Crippen molar-refractivity contribution < 1.29 is 4.79 Å². The summed E-state index contributed by atoms with van der Waals surface area (Å²) in [7, 11) is 0. The van der Waals surface area contributed by atoms with Gasteiger partial charge in [0.05, 0.1) is 0 Å². The highest BCUT2D eigenvalue weighted by Gasteiger charge is 2.17. The second-order valence-electron chi connectivity index (χ2n) is 4.53. The van der Waals surface area contributed by atoms with Gasteiger partial charge in [-0.05, 0) is 37.4 Å². The van der Waals surface area contributed by atoms with Crippen LogP contribution in [0.1, 0.15) is 35.7 Å². The third-order valence-electron chi connectivity index (χ3n) is 3.27. The van der Waals surface area contributed by atoms with E-state index in [1.165, 1.54) is 0 Å². The molecule has 1 aliphatic heterocycles. The summed E-state index contributed by atoms with van der Waals surface area (Å²) in [5.41, 5.74) is 1.94. The molecule has 0 spiro atoms. The van der Waals surface area contributed by atoms with E-state index in [1.54, 1.807) is 0 Å². The molecule has 2 rings (SSSR count). The Morgan fingerprint density at radius 1 is 1.44 bits per heavy atom. The van der Waals surface area contributed by atoms with Gasteiger partial charge in [-0.2, -0.15) is 0 Å². The topological polar surface area (TPSA) is 41.1 Å². The van der Waals surface area contributed by atoms with Gasteiger partial charge >= 0.3 is 0 Å². The van der Waals surface area contributed by atoms with Crippen molar-refractivity contribution in [2.45, 2.75) is 32.2 Å². The highest BCUT2D eigenvalue weighted by atomic mass is 35.5. The van der Waals surface area contributed by atoms with E-state index >= 15 is 0 Å². The van der Waals surface area contributed by atoms with Crippen LogP contribution in [0.15, 0.2) is 24.3 Å². The normalized spacial score (nSPS) is 18.8. The van der Waals surface area contributed by atoms with Crippen LogP contribution in [0.5, 0.6) is 0 Å². The third-order valence-corrected chi connectivity index (χ3v) is 3.27. The standard InChI is InChI=1S/C14H20N2O.ClH/c1-2-11-6-3-4-8-13(11)14(17)16-12-7-5-9-15-10-12;/h3-4,6,8,12,15H,2,5,7,9-10H2,1H3,(H,16,17);1H/t12-;/m0./s1. The summed E-state index contributed by atoms with van der Waals surface area (Å²) in [4.78, 5) is 12.2. The van der Waals surface area contributed by atoms with Crippen molar-refractivity contribution in [3.8, 4) is 0 Å². The van der Waals surface area contributed by atoms with Crippen LogP contribution >= 0.6 is 12.4 Å². The SMILES string of the molecule is CCc1ccccc1C(=O)N[C@H]1CCCNC1.Cl. The van der Waals surface area contributed by atoms with E-state index in [4.69, 9.17) is 0 Å². The van der Waals surface area contributed by atoms with E-state index in [0.29, 0.717) is 0 Å². The van der Waals surface area contributed by atoms with Crippen LogP contribution in [0.2, 0.25) is 0 Å². The fraction of sp³-hybridized carbons (Fsp3) is 0.500. The zero-order valence-corrected chi connectivity index (χ0v) is 11.6. The first kappa shape index (κ1) is 15.0. The number of amides is 1. The quantitative estimate of drug-likeness (QED) is 0.882. The predicted octanol–water partition coefficient (Wildman–Crippen LogP) is 2.15. The molecule has 1 aromatic carbocycles. The molecule has 2 N–H and O–H groups in total. The first-order valence-corrected chi connectivity index (χ1v) is 6.40. The Morgan fingerprint density at radius 2 is 2.22 bits per heavy atom. The number of halogens is 1. The molecule has 18 heavy (non-hydrogen) atoms. The van der Waals surface area contributed by atoms with Gasteiger partial charge in [0.1, 0.15) is 0 Å². The first-order chi connectivity index (χ1) is 8.31. The van der Waals surface area contributed by atoms with Crippen LogP contribution in [-0.2, 0) is 6.42 Å². The lowest BCUT2D eigenvalue weighted by atomic mass is 10.0. The Balaban J connectivity index is 0.00000162. The van der Waals surface area contributed by atoms with Gasteiger partial charge < -0.3 is 10.6 Å². The maximum absolute atomic E-state index is 12.2. The molecule has 1 aromatic rings. The van der Waals surface area contributed by atoms with E-state index in [0.717, 1.165) is 43.5 Å². The zero-order chi connectivity index (χ0) is 12.1. The third kappa shape index (κ3) is 3.72. The molecule has 1 saturated heterocycles. The average molecular weight is 269 g/mol. The van der Waals surface area contributed by atoms with Gasteiger partial charge in [0.2, 0.25) is 0 Å². The maximum atomic E-state index is 12.2. The Kier molecular flexibility index (Phi) is 6.16. The lowest BCUT2D eigenvalue weighted by Crippen LogP contribution is -2.45. The maximum Gasteiger partial charge on any atom is 0.251 e. The summed E-state index contributed by atoms with van der Waals surface area (Å²) in [5, 5.41) is 6.41. The van der Waals surface area contributed by atoms with Gasteiger partial charge in [0.15, 0.2) is 0 Å². The smallest absolute Gasteiger partial charge is 0.251 e. The lowest BCUT2D eigenvalue weighted by molar-refractivity contribution is 0.0930. The zero-order valence-electron chi connectivity index (χ0n) is 10.7. The monoisotopic (exact) mass is 268 g/mol. The van der Waals surface area contributed by atoms with Crippen LogP contribution in [0.25, 0.3) is 0 Å². The first-order valence-electron chi connectivity index (χ1n) is 6.40. The molecule has 1 aliphatic rings. The van der Waals surface area contributed by atoms with Crippen molar-refractivity contribution in [1.82, 2.24) is 10.6 Å². The molecule has 4 heteroatoms. The van der Waals surface area contributed by atoms with Crippen LogP contribution < -0.4 is 10.6 Å². The molecule has 1 atom stereocenters. The fourth-order valence-electron chi connectivity index (χ4n) is 2.29. The summed E-state index contributed by atoms with van der Waals surface area (Å²) < 4.78 is 0. The number of hydrogen-bond acceptors (Lipinski definition) is 2. The average Bonchev–Trinajstić information content (AvgIpc) is 2.40. The van der Waals surface area contributed by atoms with E-state index in [2.05, 4.69) is 17.6 Å². The van der Waals surface area contributed by atoms with E-state index in [-0.39, 0.29) is 24.4 Å². The number of piperidine rings is 1. The van der Waals surface area contributed by atoms with Crippen LogP contribution in [0.4, 0.5) is 0 Å². The summed E-state index contributed by atoms with van der Waals surface area (Å²) in [5.74, 6) is 0.0659. The molecule has 0 saturated carbocycles. The number of carbonyl (C=O) groups is 1. The van der Waals surface area contributed by atoms with Gasteiger partial charge in [-0.15, -0.1) is 12.4 Å².